The Bertz CT molecular complexity index is 611. The number of piperidine rings is 1. The lowest BCUT2D eigenvalue weighted by Gasteiger charge is -2.22. The van der Waals surface area contributed by atoms with Crippen LogP contribution in [0.3, 0.4) is 0 Å². The molecule has 2 aromatic rings. The van der Waals surface area contributed by atoms with Gasteiger partial charge in [0.05, 0.1) is 17.6 Å². The summed E-state index contributed by atoms with van der Waals surface area (Å²) >= 11 is 0. The van der Waals surface area contributed by atoms with E-state index in [1.165, 1.54) is 19.3 Å². The number of ether oxygens (including phenoxy) is 1. The topological polar surface area (TPSA) is 59.1 Å². The van der Waals surface area contributed by atoms with Gasteiger partial charge in [-0.2, -0.15) is 0 Å². The number of aromatic nitrogens is 2. The molecule has 1 aliphatic rings. The molecule has 22 heavy (non-hydrogen) atoms. The molecule has 0 amide bonds. The molecule has 0 spiro atoms. The molecule has 0 unspecified atom stereocenters. The van der Waals surface area contributed by atoms with Crippen LogP contribution >= 0.6 is 0 Å². The van der Waals surface area contributed by atoms with Crippen molar-refractivity contribution in [3.63, 3.8) is 0 Å². The van der Waals surface area contributed by atoms with Crippen molar-refractivity contribution in [3.8, 4) is 5.88 Å². The Morgan fingerprint density at radius 3 is 2.64 bits per heavy atom. The van der Waals surface area contributed by atoms with Crippen LogP contribution in [0, 0.1) is 5.92 Å². The number of para-hydroxylation sites is 2. The first-order valence-corrected chi connectivity index (χ1v) is 8.15. The third kappa shape index (κ3) is 3.65. The fraction of sp³-hybridized carbons (Fsp3) is 0.529. The number of hydrogen-bond donors (Lipinski definition) is 2. The molecule has 0 atom stereocenters. The molecular formula is C17H24N4O. The van der Waals surface area contributed by atoms with Crippen LogP contribution in [-0.2, 0) is 0 Å². The van der Waals surface area contributed by atoms with Crippen LogP contribution in [0.5, 0.6) is 5.88 Å². The Kier molecular flexibility index (Phi) is 5.06. The number of rotatable bonds is 6. The first-order chi connectivity index (χ1) is 10.9. The van der Waals surface area contributed by atoms with Gasteiger partial charge in [0.1, 0.15) is 0 Å². The second-order valence-electron chi connectivity index (χ2n) is 5.80. The van der Waals surface area contributed by atoms with E-state index in [1.54, 1.807) is 0 Å². The molecule has 1 aliphatic heterocycles. The summed E-state index contributed by atoms with van der Waals surface area (Å²) in [5, 5.41) is 6.48. The molecule has 0 aliphatic carbocycles. The molecule has 2 N–H and O–H groups in total. The maximum atomic E-state index is 5.88. The summed E-state index contributed by atoms with van der Waals surface area (Å²) in [6, 6.07) is 7.86. The second-order valence-corrected chi connectivity index (χ2v) is 5.80. The van der Waals surface area contributed by atoms with Gasteiger partial charge in [0.2, 0.25) is 0 Å². The van der Waals surface area contributed by atoms with Crippen molar-refractivity contribution in [2.45, 2.75) is 25.7 Å². The predicted octanol–water partition coefficient (Wildman–Crippen LogP) is 2.83. The van der Waals surface area contributed by atoms with Gasteiger partial charge in [-0.1, -0.05) is 12.1 Å². The number of nitrogens with one attached hydrogen (secondary N) is 2. The highest BCUT2D eigenvalue weighted by molar-refractivity contribution is 5.77. The number of hydrogen-bond acceptors (Lipinski definition) is 5. The minimum atomic E-state index is 0.603. The molecule has 0 radical (unpaired) electrons. The molecule has 1 aromatic heterocycles. The van der Waals surface area contributed by atoms with Gasteiger partial charge in [-0.25, -0.2) is 9.97 Å². The second kappa shape index (κ2) is 7.40. The van der Waals surface area contributed by atoms with Crippen LogP contribution in [0.1, 0.15) is 25.7 Å². The molecule has 1 aromatic carbocycles. The van der Waals surface area contributed by atoms with Gasteiger partial charge < -0.3 is 15.4 Å². The molecule has 5 heteroatoms. The van der Waals surface area contributed by atoms with Gasteiger partial charge in [0, 0.05) is 7.05 Å². The third-order valence-corrected chi connectivity index (χ3v) is 4.23. The van der Waals surface area contributed by atoms with Crippen molar-refractivity contribution in [3.05, 3.63) is 24.3 Å². The predicted molar refractivity (Wildman–Crippen MR) is 89.4 cm³/mol. The quantitative estimate of drug-likeness (QED) is 0.803. The minimum absolute atomic E-state index is 0.603. The highest BCUT2D eigenvalue weighted by atomic mass is 16.5. The van der Waals surface area contributed by atoms with Gasteiger partial charge in [0.25, 0.3) is 5.88 Å². The number of anilines is 1. The molecule has 5 nitrogen and oxygen atoms in total. The highest BCUT2D eigenvalue weighted by Crippen LogP contribution is 2.24. The van der Waals surface area contributed by atoms with Crippen molar-refractivity contribution in [2.75, 3.05) is 32.1 Å². The van der Waals surface area contributed by atoms with E-state index in [0.29, 0.717) is 18.3 Å². The molecular weight excluding hydrogens is 276 g/mol. The number of fused-ring (bicyclic) bond motifs is 1. The fourth-order valence-electron chi connectivity index (χ4n) is 2.96. The molecule has 118 valence electrons. The third-order valence-electron chi connectivity index (χ3n) is 4.23. The van der Waals surface area contributed by atoms with Crippen LogP contribution in [-0.4, -0.2) is 36.7 Å². The minimum Gasteiger partial charge on any atom is -0.475 e. The Morgan fingerprint density at radius 2 is 1.91 bits per heavy atom. The Labute approximate surface area is 131 Å². The summed E-state index contributed by atoms with van der Waals surface area (Å²) in [5.41, 5.74) is 1.75. The van der Waals surface area contributed by atoms with Crippen molar-refractivity contribution in [1.82, 2.24) is 15.3 Å². The maximum Gasteiger partial charge on any atom is 0.258 e. The van der Waals surface area contributed by atoms with Crippen LogP contribution in [0.2, 0.25) is 0 Å². The summed E-state index contributed by atoms with van der Waals surface area (Å²) in [7, 11) is 1.85. The summed E-state index contributed by atoms with van der Waals surface area (Å²) in [6.45, 7) is 3.02. The van der Waals surface area contributed by atoms with Crippen molar-refractivity contribution >= 4 is 16.9 Å². The molecule has 1 saturated heterocycles. The van der Waals surface area contributed by atoms with Crippen molar-refractivity contribution < 1.29 is 4.74 Å². The van der Waals surface area contributed by atoms with Crippen LogP contribution in [0.4, 0.5) is 5.82 Å². The average molecular weight is 300 g/mol. The summed E-state index contributed by atoms with van der Waals surface area (Å²) in [4.78, 5) is 9.13. The van der Waals surface area contributed by atoms with Crippen molar-refractivity contribution in [1.29, 1.82) is 0 Å². The van der Waals surface area contributed by atoms with Gasteiger partial charge in [-0.05, 0) is 56.8 Å². The molecule has 1 fully saturated rings. The van der Waals surface area contributed by atoms with E-state index in [4.69, 9.17) is 4.74 Å². The van der Waals surface area contributed by atoms with E-state index < -0.39 is 0 Å². The smallest absolute Gasteiger partial charge is 0.258 e. The zero-order valence-electron chi connectivity index (χ0n) is 13.1. The largest absolute Gasteiger partial charge is 0.475 e. The van der Waals surface area contributed by atoms with E-state index in [2.05, 4.69) is 20.6 Å². The lowest BCUT2D eigenvalue weighted by Crippen LogP contribution is -2.27. The number of nitrogens with zero attached hydrogens (tertiary/aromatic N) is 2. The van der Waals surface area contributed by atoms with E-state index in [0.717, 1.165) is 36.5 Å². The van der Waals surface area contributed by atoms with Gasteiger partial charge >= 0.3 is 0 Å². The Morgan fingerprint density at radius 1 is 1.18 bits per heavy atom. The monoisotopic (exact) mass is 300 g/mol. The standard InChI is InChI=1S/C17H24N4O/c1-18-16-17(21-15-7-3-2-6-14(15)20-16)22-12-4-5-13-8-10-19-11-9-13/h2-3,6-7,13,19H,4-5,8-12H2,1H3,(H,18,20). The Hall–Kier alpha value is -1.88. The maximum absolute atomic E-state index is 5.88. The van der Waals surface area contributed by atoms with Crippen LogP contribution in [0.25, 0.3) is 11.0 Å². The first kappa shape index (κ1) is 15.0. The zero-order valence-corrected chi connectivity index (χ0v) is 13.1. The van der Waals surface area contributed by atoms with Gasteiger partial charge in [-0.15, -0.1) is 0 Å². The lowest BCUT2D eigenvalue weighted by molar-refractivity contribution is 0.268. The lowest BCUT2D eigenvalue weighted by atomic mass is 9.93. The van der Waals surface area contributed by atoms with Crippen LogP contribution < -0.4 is 15.4 Å². The van der Waals surface area contributed by atoms with Gasteiger partial charge in [-0.3, -0.25) is 0 Å². The van der Waals surface area contributed by atoms with E-state index in [-0.39, 0.29) is 0 Å². The molecule has 0 bridgehead atoms. The average Bonchev–Trinajstić information content (AvgIpc) is 2.59. The first-order valence-electron chi connectivity index (χ1n) is 8.15. The SMILES string of the molecule is CNc1nc2ccccc2nc1OCCCC1CCNCC1. The zero-order chi connectivity index (χ0) is 15.2. The fourth-order valence-corrected chi connectivity index (χ4v) is 2.96. The highest BCUT2D eigenvalue weighted by Gasteiger charge is 2.13. The summed E-state index contributed by atoms with van der Waals surface area (Å²) in [6.07, 6.45) is 4.88. The van der Waals surface area contributed by atoms with E-state index in [9.17, 15) is 0 Å². The molecule has 0 saturated carbocycles. The summed E-state index contributed by atoms with van der Waals surface area (Å²) < 4.78 is 5.88. The van der Waals surface area contributed by atoms with E-state index >= 15 is 0 Å². The molecule has 3 rings (SSSR count). The summed E-state index contributed by atoms with van der Waals surface area (Å²) in [5.74, 6) is 2.16. The van der Waals surface area contributed by atoms with Crippen LogP contribution in [0.15, 0.2) is 24.3 Å². The van der Waals surface area contributed by atoms with Gasteiger partial charge in [0.15, 0.2) is 5.82 Å². The Balaban J connectivity index is 1.58. The normalized spacial score (nSPS) is 15.9. The van der Waals surface area contributed by atoms with E-state index in [1.807, 2.05) is 31.3 Å². The number of benzene rings is 1. The van der Waals surface area contributed by atoms with Crippen molar-refractivity contribution in [2.24, 2.45) is 5.92 Å². The molecule has 2 heterocycles.